The number of unbranched alkanes of at least 4 members (excludes halogenated alkanes) is 1. The molecule has 0 fully saturated rings. The summed E-state index contributed by atoms with van der Waals surface area (Å²) in [5.74, 6) is -0.334. The fourth-order valence-corrected chi connectivity index (χ4v) is 2.71. The second-order valence-corrected chi connectivity index (χ2v) is 9.07. The predicted octanol–water partition coefficient (Wildman–Crippen LogP) is 2.34. The molecule has 0 saturated carbocycles. The van der Waals surface area contributed by atoms with Crippen LogP contribution in [-0.4, -0.2) is 44.9 Å². The summed E-state index contributed by atoms with van der Waals surface area (Å²) in [6, 6.07) is 8.62. The zero-order chi connectivity index (χ0) is 21.2. The van der Waals surface area contributed by atoms with Crippen LogP contribution in [0.2, 0.25) is 0 Å². The number of ether oxygens (including phenoxy) is 1. The lowest BCUT2D eigenvalue weighted by atomic mass is 10.1. The first-order valence-electron chi connectivity index (χ1n) is 9.12. The number of rotatable bonds is 10. The highest BCUT2D eigenvalue weighted by Gasteiger charge is 2.24. The second kappa shape index (κ2) is 11.0. The van der Waals surface area contributed by atoms with Gasteiger partial charge in [-0.05, 0) is 45.6 Å². The van der Waals surface area contributed by atoms with Crippen LogP contribution in [0.25, 0.3) is 0 Å². The van der Waals surface area contributed by atoms with Crippen LogP contribution < -0.4 is 10.6 Å². The van der Waals surface area contributed by atoms with E-state index in [0.717, 1.165) is 11.8 Å². The summed E-state index contributed by atoms with van der Waals surface area (Å²) in [6.45, 7) is 5.58. The molecule has 1 aromatic carbocycles. The number of benzene rings is 1. The molecular formula is C19H30N2O6S. The molecule has 2 N–H and O–H groups in total. The lowest BCUT2D eigenvalue weighted by molar-refractivity contribution is -0.123. The van der Waals surface area contributed by atoms with Gasteiger partial charge < -0.3 is 15.4 Å². The van der Waals surface area contributed by atoms with Crippen LogP contribution in [0.4, 0.5) is 4.79 Å². The van der Waals surface area contributed by atoms with Gasteiger partial charge in [0.1, 0.15) is 11.6 Å². The molecule has 0 aliphatic rings. The van der Waals surface area contributed by atoms with E-state index in [1.165, 1.54) is 0 Å². The van der Waals surface area contributed by atoms with E-state index in [0.29, 0.717) is 25.8 Å². The third-order valence-corrected chi connectivity index (χ3v) is 4.10. The highest BCUT2D eigenvalue weighted by Crippen LogP contribution is 2.09. The molecule has 158 valence electrons. The van der Waals surface area contributed by atoms with Gasteiger partial charge in [0, 0.05) is 6.54 Å². The number of carbonyl (C=O) groups excluding carboxylic acids is 2. The molecule has 0 bridgehead atoms. The van der Waals surface area contributed by atoms with Gasteiger partial charge in [0.2, 0.25) is 5.91 Å². The Balaban J connectivity index is 2.59. The molecule has 0 radical (unpaired) electrons. The molecular weight excluding hydrogens is 384 g/mol. The van der Waals surface area contributed by atoms with Gasteiger partial charge in [-0.15, -0.1) is 0 Å². The van der Waals surface area contributed by atoms with E-state index < -0.39 is 27.9 Å². The minimum Gasteiger partial charge on any atom is -0.444 e. The van der Waals surface area contributed by atoms with E-state index in [1.807, 2.05) is 30.3 Å². The van der Waals surface area contributed by atoms with Crippen molar-refractivity contribution in [2.24, 2.45) is 0 Å². The van der Waals surface area contributed by atoms with Gasteiger partial charge in [0.05, 0.1) is 12.9 Å². The maximum absolute atomic E-state index is 12.5. The van der Waals surface area contributed by atoms with E-state index in [4.69, 9.17) is 4.74 Å². The van der Waals surface area contributed by atoms with E-state index in [1.54, 1.807) is 20.8 Å². The van der Waals surface area contributed by atoms with Gasteiger partial charge in [0.25, 0.3) is 10.1 Å². The van der Waals surface area contributed by atoms with Gasteiger partial charge in [-0.2, -0.15) is 8.42 Å². The molecule has 9 heteroatoms. The average molecular weight is 415 g/mol. The molecule has 0 aliphatic heterocycles. The minimum absolute atomic E-state index is 0.0314. The average Bonchev–Trinajstić information content (AvgIpc) is 2.56. The third kappa shape index (κ3) is 11.6. The van der Waals surface area contributed by atoms with Gasteiger partial charge in [0.15, 0.2) is 0 Å². The zero-order valence-electron chi connectivity index (χ0n) is 16.9. The maximum atomic E-state index is 12.5. The summed E-state index contributed by atoms with van der Waals surface area (Å²) in [6.07, 6.45) is 1.56. The number of hydrogen-bond donors (Lipinski definition) is 2. The second-order valence-electron chi connectivity index (χ2n) is 7.42. The fraction of sp³-hybridized carbons (Fsp3) is 0.579. The van der Waals surface area contributed by atoms with E-state index in [-0.39, 0.29) is 12.5 Å². The topological polar surface area (TPSA) is 111 Å². The number of amides is 2. The molecule has 1 atom stereocenters. The summed E-state index contributed by atoms with van der Waals surface area (Å²) in [4.78, 5) is 24.6. The number of carbonyl (C=O) groups is 2. The van der Waals surface area contributed by atoms with Crippen molar-refractivity contribution in [2.45, 2.75) is 58.2 Å². The molecule has 28 heavy (non-hydrogen) atoms. The van der Waals surface area contributed by atoms with Crippen molar-refractivity contribution in [1.29, 1.82) is 0 Å². The monoisotopic (exact) mass is 414 g/mol. The van der Waals surface area contributed by atoms with E-state index in [9.17, 15) is 18.0 Å². The van der Waals surface area contributed by atoms with E-state index in [2.05, 4.69) is 14.8 Å². The quantitative estimate of drug-likeness (QED) is 0.449. The SMILES string of the molecule is CC(C)(C)OC(=O)N[C@@H](CCCCOS(C)(=O)=O)C(=O)NCc1ccccc1. The summed E-state index contributed by atoms with van der Waals surface area (Å²) in [5.41, 5.74) is 0.256. The van der Waals surface area contributed by atoms with Crippen LogP contribution >= 0.6 is 0 Å². The van der Waals surface area contributed by atoms with Gasteiger partial charge in [-0.25, -0.2) is 4.79 Å². The Labute approximate surface area is 167 Å². The molecule has 8 nitrogen and oxygen atoms in total. The molecule has 2 amide bonds. The maximum Gasteiger partial charge on any atom is 0.408 e. The van der Waals surface area contributed by atoms with E-state index >= 15 is 0 Å². The largest absolute Gasteiger partial charge is 0.444 e. The van der Waals surface area contributed by atoms with Crippen molar-refractivity contribution in [3.05, 3.63) is 35.9 Å². The first kappa shape index (κ1) is 23.9. The van der Waals surface area contributed by atoms with Crippen LogP contribution in [0, 0.1) is 0 Å². The summed E-state index contributed by atoms with van der Waals surface area (Å²) >= 11 is 0. The molecule has 0 aromatic heterocycles. The standard InChI is InChI=1S/C19H30N2O6S/c1-19(2,3)27-18(23)21-16(12-8-9-13-26-28(4,24)25)17(22)20-14-15-10-6-5-7-11-15/h5-7,10-11,16H,8-9,12-14H2,1-4H3,(H,20,22)(H,21,23)/t16-/m0/s1. The Morgan fingerprint density at radius 2 is 1.75 bits per heavy atom. The van der Waals surface area contributed by atoms with Crippen molar-refractivity contribution in [1.82, 2.24) is 10.6 Å². The van der Waals surface area contributed by atoms with Crippen LogP contribution in [0.3, 0.4) is 0 Å². The fourth-order valence-electron chi connectivity index (χ4n) is 2.29. The Morgan fingerprint density at radius 1 is 1.11 bits per heavy atom. The van der Waals surface area contributed by atoms with Crippen LogP contribution in [0.5, 0.6) is 0 Å². The Hall–Kier alpha value is -2.13. The minimum atomic E-state index is -3.49. The molecule has 0 saturated heterocycles. The first-order valence-corrected chi connectivity index (χ1v) is 10.9. The first-order chi connectivity index (χ1) is 13.0. The van der Waals surface area contributed by atoms with Crippen LogP contribution in [0.15, 0.2) is 30.3 Å². The van der Waals surface area contributed by atoms with Crippen molar-refractivity contribution in [3.63, 3.8) is 0 Å². The summed E-state index contributed by atoms with van der Waals surface area (Å²) < 4.78 is 31.9. The van der Waals surface area contributed by atoms with Crippen LogP contribution in [0.1, 0.15) is 45.6 Å². The summed E-state index contributed by atoms with van der Waals surface area (Å²) in [5, 5.41) is 5.38. The Morgan fingerprint density at radius 3 is 2.32 bits per heavy atom. The highest BCUT2D eigenvalue weighted by molar-refractivity contribution is 7.85. The third-order valence-electron chi connectivity index (χ3n) is 3.50. The van der Waals surface area contributed by atoms with Crippen molar-refractivity contribution in [3.8, 4) is 0 Å². The van der Waals surface area contributed by atoms with Crippen molar-refractivity contribution in [2.75, 3.05) is 12.9 Å². The predicted molar refractivity (Wildman–Crippen MR) is 106 cm³/mol. The van der Waals surface area contributed by atoms with Gasteiger partial charge in [-0.1, -0.05) is 30.3 Å². The Kier molecular flexibility index (Phi) is 9.40. The summed E-state index contributed by atoms with van der Waals surface area (Å²) in [7, 11) is -3.49. The molecule has 0 unspecified atom stereocenters. The molecule has 0 heterocycles. The highest BCUT2D eigenvalue weighted by atomic mass is 32.2. The van der Waals surface area contributed by atoms with Gasteiger partial charge >= 0.3 is 6.09 Å². The van der Waals surface area contributed by atoms with Crippen LogP contribution in [-0.2, 0) is 30.4 Å². The molecule has 1 aromatic rings. The number of hydrogen-bond acceptors (Lipinski definition) is 6. The normalized spacial score (nSPS) is 12.9. The smallest absolute Gasteiger partial charge is 0.408 e. The zero-order valence-corrected chi connectivity index (χ0v) is 17.7. The lowest BCUT2D eigenvalue weighted by Crippen LogP contribution is -2.48. The number of alkyl carbamates (subject to hydrolysis) is 1. The molecule has 0 aliphatic carbocycles. The van der Waals surface area contributed by atoms with Crippen molar-refractivity contribution >= 4 is 22.1 Å². The lowest BCUT2D eigenvalue weighted by Gasteiger charge is -2.23. The Bertz CT molecular complexity index is 729. The van der Waals surface area contributed by atoms with Crippen molar-refractivity contribution < 1.29 is 26.9 Å². The molecule has 1 rings (SSSR count). The van der Waals surface area contributed by atoms with Gasteiger partial charge in [-0.3, -0.25) is 8.98 Å². The number of nitrogens with one attached hydrogen (secondary N) is 2. The molecule has 0 spiro atoms.